The maximum absolute atomic E-state index is 5.52. The lowest BCUT2D eigenvalue weighted by atomic mass is 10.0. The van der Waals surface area contributed by atoms with Gasteiger partial charge in [-0.2, -0.15) is 5.10 Å². The first-order valence-corrected chi connectivity index (χ1v) is 5.78. The molecule has 1 atom stereocenters. The van der Waals surface area contributed by atoms with Crippen LogP contribution in [-0.4, -0.2) is 14.8 Å². The van der Waals surface area contributed by atoms with Crippen LogP contribution in [0, 0.1) is 6.92 Å². The highest BCUT2D eigenvalue weighted by molar-refractivity contribution is 5.29. The molecule has 0 bridgehead atoms. The summed E-state index contributed by atoms with van der Waals surface area (Å²) in [7, 11) is 0. The normalized spacial score (nSPS) is 12.5. The summed E-state index contributed by atoms with van der Waals surface area (Å²) < 4.78 is 7.31. The number of rotatable bonds is 3. The van der Waals surface area contributed by atoms with Crippen molar-refractivity contribution < 1.29 is 4.42 Å². The summed E-state index contributed by atoms with van der Waals surface area (Å²) in [5, 5.41) is 4.22. The molecule has 1 aromatic carbocycles. The zero-order valence-electron chi connectivity index (χ0n) is 10.0. The Morgan fingerprint density at radius 2 is 2.00 bits per heavy atom. The van der Waals surface area contributed by atoms with E-state index >= 15 is 0 Å². The number of nitrogens with zero attached hydrogens (tertiary/aromatic N) is 3. The first kappa shape index (κ1) is 10.8. The Bertz CT molecular complexity index is 563. The Morgan fingerprint density at radius 3 is 2.61 bits per heavy atom. The van der Waals surface area contributed by atoms with E-state index in [1.165, 1.54) is 11.9 Å². The summed E-state index contributed by atoms with van der Waals surface area (Å²) in [6.45, 7) is 2.07. The van der Waals surface area contributed by atoms with Crippen LogP contribution in [0.25, 0.3) is 0 Å². The van der Waals surface area contributed by atoms with Gasteiger partial charge in [-0.3, -0.25) is 0 Å². The average Bonchev–Trinajstić information content (AvgIpc) is 3.06. The van der Waals surface area contributed by atoms with E-state index in [4.69, 9.17) is 4.42 Å². The Morgan fingerprint density at radius 1 is 1.17 bits per heavy atom. The predicted octanol–water partition coefficient (Wildman–Crippen LogP) is 2.82. The third-order valence-corrected chi connectivity index (χ3v) is 2.91. The summed E-state index contributed by atoms with van der Waals surface area (Å²) in [6.07, 6.45) is 4.91. The zero-order valence-corrected chi connectivity index (χ0v) is 10.0. The molecule has 0 amide bonds. The van der Waals surface area contributed by atoms with E-state index in [0.29, 0.717) is 0 Å². The van der Waals surface area contributed by atoms with Crippen LogP contribution in [0.3, 0.4) is 0 Å². The fraction of sp³-hybridized carbons (Fsp3) is 0.143. The Kier molecular flexibility index (Phi) is 2.68. The highest BCUT2D eigenvalue weighted by Gasteiger charge is 2.19. The van der Waals surface area contributed by atoms with Crippen molar-refractivity contribution in [2.24, 2.45) is 0 Å². The summed E-state index contributed by atoms with van der Waals surface area (Å²) in [6, 6.07) is 12.1. The first-order chi connectivity index (χ1) is 8.84. The van der Waals surface area contributed by atoms with Gasteiger partial charge in [0.05, 0.1) is 6.26 Å². The maximum Gasteiger partial charge on any atom is 0.137 e. The van der Waals surface area contributed by atoms with Crippen LogP contribution < -0.4 is 0 Å². The molecule has 0 aliphatic heterocycles. The molecule has 4 heteroatoms. The number of furan rings is 1. The molecule has 0 aliphatic carbocycles. The molecule has 2 aromatic heterocycles. The Hall–Kier alpha value is -2.36. The van der Waals surface area contributed by atoms with E-state index in [-0.39, 0.29) is 6.04 Å². The number of hydrogen-bond donors (Lipinski definition) is 0. The molecule has 0 fully saturated rings. The molecule has 18 heavy (non-hydrogen) atoms. The number of benzene rings is 1. The minimum absolute atomic E-state index is 0.0666. The van der Waals surface area contributed by atoms with Crippen LogP contribution in [0.5, 0.6) is 0 Å². The highest BCUT2D eigenvalue weighted by atomic mass is 16.3. The van der Waals surface area contributed by atoms with Crippen molar-refractivity contribution >= 4 is 0 Å². The van der Waals surface area contributed by atoms with Gasteiger partial charge in [-0.05, 0) is 24.6 Å². The van der Waals surface area contributed by atoms with E-state index in [0.717, 1.165) is 11.3 Å². The van der Waals surface area contributed by atoms with Crippen LogP contribution in [0.2, 0.25) is 0 Å². The SMILES string of the molecule is Cc1ccc(C(c2ccco2)n2cncn2)cc1. The molecule has 0 N–H and O–H groups in total. The fourth-order valence-electron chi connectivity index (χ4n) is 1.99. The van der Waals surface area contributed by atoms with Crippen molar-refractivity contribution in [3.05, 3.63) is 72.2 Å². The van der Waals surface area contributed by atoms with Crippen LogP contribution in [0.15, 0.2) is 59.7 Å². The van der Waals surface area contributed by atoms with E-state index in [1.807, 2.05) is 12.1 Å². The van der Waals surface area contributed by atoms with E-state index < -0.39 is 0 Å². The van der Waals surface area contributed by atoms with Gasteiger partial charge in [-0.25, -0.2) is 9.67 Å². The van der Waals surface area contributed by atoms with Crippen molar-refractivity contribution in [2.45, 2.75) is 13.0 Å². The van der Waals surface area contributed by atoms with E-state index in [1.54, 1.807) is 17.3 Å². The van der Waals surface area contributed by atoms with Crippen molar-refractivity contribution in [3.63, 3.8) is 0 Å². The molecule has 0 spiro atoms. The maximum atomic E-state index is 5.52. The summed E-state index contributed by atoms with van der Waals surface area (Å²) >= 11 is 0. The molecule has 3 aromatic rings. The van der Waals surface area contributed by atoms with Crippen molar-refractivity contribution in [1.29, 1.82) is 0 Å². The molecule has 0 saturated carbocycles. The van der Waals surface area contributed by atoms with Gasteiger partial charge in [0.2, 0.25) is 0 Å². The van der Waals surface area contributed by atoms with Gasteiger partial charge in [0.1, 0.15) is 24.5 Å². The number of aryl methyl sites for hydroxylation is 1. The summed E-state index contributed by atoms with van der Waals surface area (Å²) in [5.74, 6) is 0.851. The quantitative estimate of drug-likeness (QED) is 0.706. The number of aromatic nitrogens is 3. The van der Waals surface area contributed by atoms with Gasteiger partial charge in [0, 0.05) is 0 Å². The van der Waals surface area contributed by atoms with Crippen LogP contribution in [0.1, 0.15) is 22.9 Å². The second kappa shape index (κ2) is 4.49. The van der Waals surface area contributed by atoms with Gasteiger partial charge in [0.25, 0.3) is 0 Å². The van der Waals surface area contributed by atoms with Crippen LogP contribution in [-0.2, 0) is 0 Å². The summed E-state index contributed by atoms with van der Waals surface area (Å²) in [4.78, 5) is 4.01. The van der Waals surface area contributed by atoms with Crippen molar-refractivity contribution in [2.75, 3.05) is 0 Å². The third kappa shape index (κ3) is 1.93. The predicted molar refractivity (Wildman–Crippen MR) is 67.2 cm³/mol. The largest absolute Gasteiger partial charge is 0.467 e. The fourth-order valence-corrected chi connectivity index (χ4v) is 1.99. The van der Waals surface area contributed by atoms with Crippen molar-refractivity contribution in [3.8, 4) is 0 Å². The molecule has 2 heterocycles. The van der Waals surface area contributed by atoms with Gasteiger partial charge in [0.15, 0.2) is 0 Å². The Labute approximate surface area is 105 Å². The molecule has 0 saturated heterocycles. The zero-order chi connectivity index (χ0) is 12.4. The van der Waals surface area contributed by atoms with Gasteiger partial charge >= 0.3 is 0 Å². The Balaban J connectivity index is 2.08. The lowest BCUT2D eigenvalue weighted by Crippen LogP contribution is -2.12. The minimum Gasteiger partial charge on any atom is -0.467 e. The molecular formula is C14H13N3O. The lowest BCUT2D eigenvalue weighted by Gasteiger charge is -2.15. The first-order valence-electron chi connectivity index (χ1n) is 5.78. The second-order valence-electron chi connectivity index (χ2n) is 4.20. The molecule has 90 valence electrons. The van der Waals surface area contributed by atoms with Crippen LogP contribution >= 0.6 is 0 Å². The number of hydrogen-bond acceptors (Lipinski definition) is 3. The third-order valence-electron chi connectivity index (χ3n) is 2.91. The van der Waals surface area contributed by atoms with E-state index in [2.05, 4.69) is 41.3 Å². The van der Waals surface area contributed by atoms with E-state index in [9.17, 15) is 0 Å². The highest BCUT2D eigenvalue weighted by Crippen LogP contribution is 2.26. The summed E-state index contributed by atoms with van der Waals surface area (Å²) in [5.41, 5.74) is 2.36. The topological polar surface area (TPSA) is 43.9 Å². The van der Waals surface area contributed by atoms with Gasteiger partial charge in [-0.15, -0.1) is 0 Å². The standard InChI is InChI=1S/C14H13N3O/c1-11-4-6-12(7-5-11)14(13-3-2-8-18-13)17-10-15-9-16-17/h2-10,14H,1H3. The minimum atomic E-state index is -0.0666. The molecule has 3 rings (SSSR count). The second-order valence-corrected chi connectivity index (χ2v) is 4.20. The molecule has 0 aliphatic rings. The van der Waals surface area contributed by atoms with Crippen LogP contribution in [0.4, 0.5) is 0 Å². The molecule has 0 radical (unpaired) electrons. The monoisotopic (exact) mass is 239 g/mol. The van der Waals surface area contributed by atoms with Gasteiger partial charge < -0.3 is 4.42 Å². The average molecular weight is 239 g/mol. The van der Waals surface area contributed by atoms with Crippen molar-refractivity contribution in [1.82, 2.24) is 14.8 Å². The molecule has 1 unspecified atom stereocenters. The van der Waals surface area contributed by atoms with Gasteiger partial charge in [-0.1, -0.05) is 29.8 Å². The smallest absolute Gasteiger partial charge is 0.137 e. The molecule has 4 nitrogen and oxygen atoms in total. The molecular weight excluding hydrogens is 226 g/mol. The lowest BCUT2D eigenvalue weighted by molar-refractivity contribution is 0.440.